The first-order chi connectivity index (χ1) is 10.1. The molecule has 0 radical (unpaired) electrons. The number of benzene rings is 2. The van der Waals surface area contributed by atoms with E-state index in [-0.39, 0.29) is 0 Å². The summed E-state index contributed by atoms with van der Waals surface area (Å²) in [6, 6.07) is 13.6. The SMILES string of the molecule is NC(=O)c1ccc(CN2CCCc3c(N)cccc32)cc1. The molecule has 21 heavy (non-hydrogen) atoms. The van der Waals surface area contributed by atoms with Crippen LogP contribution in [0.5, 0.6) is 0 Å². The first kappa shape index (κ1) is 13.5. The lowest BCUT2D eigenvalue weighted by Gasteiger charge is -2.32. The van der Waals surface area contributed by atoms with Crippen molar-refractivity contribution in [1.29, 1.82) is 0 Å². The monoisotopic (exact) mass is 281 g/mol. The maximum absolute atomic E-state index is 11.1. The summed E-state index contributed by atoms with van der Waals surface area (Å²) in [7, 11) is 0. The molecule has 0 saturated carbocycles. The molecular formula is C17H19N3O. The summed E-state index contributed by atoms with van der Waals surface area (Å²) in [5.41, 5.74) is 16.4. The Hall–Kier alpha value is -2.49. The van der Waals surface area contributed by atoms with Crippen LogP contribution >= 0.6 is 0 Å². The van der Waals surface area contributed by atoms with Crippen molar-refractivity contribution >= 4 is 17.3 Å². The second-order valence-electron chi connectivity index (χ2n) is 5.43. The van der Waals surface area contributed by atoms with Gasteiger partial charge in [0, 0.05) is 30.0 Å². The highest BCUT2D eigenvalue weighted by Crippen LogP contribution is 2.32. The lowest BCUT2D eigenvalue weighted by Crippen LogP contribution is -2.29. The third-order valence-electron chi connectivity index (χ3n) is 3.99. The van der Waals surface area contributed by atoms with E-state index >= 15 is 0 Å². The van der Waals surface area contributed by atoms with Gasteiger partial charge in [0.25, 0.3) is 0 Å². The highest BCUT2D eigenvalue weighted by Gasteiger charge is 2.18. The Morgan fingerprint density at radius 2 is 1.90 bits per heavy atom. The molecule has 4 nitrogen and oxygen atoms in total. The molecule has 0 unspecified atom stereocenters. The van der Waals surface area contributed by atoms with Crippen molar-refractivity contribution in [3.63, 3.8) is 0 Å². The summed E-state index contributed by atoms with van der Waals surface area (Å²) in [4.78, 5) is 13.4. The normalized spacial score (nSPS) is 13.8. The standard InChI is InChI=1S/C17H19N3O/c18-15-4-1-5-16-14(15)3-2-10-20(16)11-12-6-8-13(9-7-12)17(19)21/h1,4-9H,2-3,10-11,18H2,(H2,19,21). The van der Waals surface area contributed by atoms with Crippen LogP contribution in [-0.2, 0) is 13.0 Å². The molecule has 0 saturated heterocycles. The zero-order chi connectivity index (χ0) is 14.8. The summed E-state index contributed by atoms with van der Waals surface area (Å²) in [6.07, 6.45) is 2.15. The van der Waals surface area contributed by atoms with Gasteiger partial charge in [-0.25, -0.2) is 0 Å². The Morgan fingerprint density at radius 3 is 2.62 bits per heavy atom. The fourth-order valence-corrected chi connectivity index (χ4v) is 2.89. The highest BCUT2D eigenvalue weighted by atomic mass is 16.1. The minimum atomic E-state index is -0.391. The van der Waals surface area contributed by atoms with Crippen LogP contribution in [0.25, 0.3) is 0 Å². The molecule has 1 aliphatic heterocycles. The molecule has 0 aliphatic carbocycles. The van der Waals surface area contributed by atoms with Gasteiger partial charge < -0.3 is 16.4 Å². The summed E-state index contributed by atoms with van der Waals surface area (Å²) < 4.78 is 0. The van der Waals surface area contributed by atoms with Crippen molar-refractivity contribution in [1.82, 2.24) is 0 Å². The number of nitrogens with zero attached hydrogens (tertiary/aromatic N) is 1. The number of nitrogen functional groups attached to an aromatic ring is 1. The molecule has 0 atom stereocenters. The van der Waals surface area contributed by atoms with Gasteiger partial charge in [0.2, 0.25) is 5.91 Å². The Balaban J connectivity index is 1.83. The van der Waals surface area contributed by atoms with Crippen molar-refractivity contribution in [2.45, 2.75) is 19.4 Å². The zero-order valence-corrected chi connectivity index (χ0v) is 11.9. The van der Waals surface area contributed by atoms with E-state index in [9.17, 15) is 4.79 Å². The van der Waals surface area contributed by atoms with Gasteiger partial charge in [0.05, 0.1) is 0 Å². The Bertz CT molecular complexity index is 664. The van der Waals surface area contributed by atoms with Gasteiger partial charge in [-0.1, -0.05) is 18.2 Å². The van der Waals surface area contributed by atoms with E-state index < -0.39 is 5.91 Å². The van der Waals surface area contributed by atoms with E-state index in [0.29, 0.717) is 5.56 Å². The second kappa shape index (κ2) is 5.48. The van der Waals surface area contributed by atoms with Gasteiger partial charge >= 0.3 is 0 Å². The summed E-state index contributed by atoms with van der Waals surface area (Å²) >= 11 is 0. The van der Waals surface area contributed by atoms with Crippen molar-refractivity contribution in [2.75, 3.05) is 17.2 Å². The first-order valence-electron chi connectivity index (χ1n) is 7.16. The highest BCUT2D eigenvalue weighted by molar-refractivity contribution is 5.92. The molecule has 0 spiro atoms. The first-order valence-corrected chi connectivity index (χ1v) is 7.16. The Kier molecular flexibility index (Phi) is 3.52. The fourth-order valence-electron chi connectivity index (χ4n) is 2.89. The second-order valence-corrected chi connectivity index (χ2v) is 5.43. The maximum atomic E-state index is 11.1. The number of amides is 1. The van der Waals surface area contributed by atoms with Crippen molar-refractivity contribution in [3.05, 3.63) is 59.2 Å². The molecule has 4 heteroatoms. The van der Waals surface area contributed by atoms with E-state index in [0.717, 1.165) is 37.2 Å². The molecule has 1 amide bonds. The predicted molar refractivity (Wildman–Crippen MR) is 85.2 cm³/mol. The topological polar surface area (TPSA) is 72.4 Å². The maximum Gasteiger partial charge on any atom is 0.248 e. The van der Waals surface area contributed by atoms with Crippen LogP contribution in [0.4, 0.5) is 11.4 Å². The summed E-state index contributed by atoms with van der Waals surface area (Å²) in [6.45, 7) is 1.84. The Labute approximate surface area is 124 Å². The predicted octanol–water partition coefficient (Wildman–Crippen LogP) is 2.32. The molecule has 0 fully saturated rings. The van der Waals surface area contributed by atoms with E-state index in [1.165, 1.54) is 11.3 Å². The smallest absolute Gasteiger partial charge is 0.248 e. The van der Waals surface area contributed by atoms with Crippen molar-refractivity contribution in [3.8, 4) is 0 Å². The zero-order valence-electron chi connectivity index (χ0n) is 11.9. The number of nitrogens with two attached hydrogens (primary N) is 2. The molecule has 2 aromatic carbocycles. The minimum Gasteiger partial charge on any atom is -0.398 e. The molecule has 3 rings (SSSR count). The van der Waals surface area contributed by atoms with Gasteiger partial charge in [-0.3, -0.25) is 4.79 Å². The van der Waals surface area contributed by atoms with Crippen LogP contribution in [0.3, 0.4) is 0 Å². The fraction of sp³-hybridized carbons (Fsp3) is 0.235. The molecule has 0 bridgehead atoms. The van der Waals surface area contributed by atoms with Crippen molar-refractivity contribution < 1.29 is 4.79 Å². The lowest BCUT2D eigenvalue weighted by atomic mass is 9.99. The van der Waals surface area contributed by atoms with E-state index in [4.69, 9.17) is 11.5 Å². The number of hydrogen-bond acceptors (Lipinski definition) is 3. The number of fused-ring (bicyclic) bond motifs is 1. The van der Waals surface area contributed by atoms with Crippen LogP contribution in [0, 0.1) is 0 Å². The van der Waals surface area contributed by atoms with Gasteiger partial charge in [0.15, 0.2) is 0 Å². The number of hydrogen-bond donors (Lipinski definition) is 2. The third-order valence-corrected chi connectivity index (χ3v) is 3.99. The van der Waals surface area contributed by atoms with Gasteiger partial charge in [-0.2, -0.15) is 0 Å². The average molecular weight is 281 g/mol. The van der Waals surface area contributed by atoms with E-state index in [1.54, 1.807) is 12.1 Å². The van der Waals surface area contributed by atoms with E-state index in [1.807, 2.05) is 24.3 Å². The summed E-state index contributed by atoms with van der Waals surface area (Å²) in [5.74, 6) is -0.391. The third kappa shape index (κ3) is 2.70. The van der Waals surface area contributed by atoms with Gasteiger partial charge in [0.1, 0.15) is 0 Å². The quantitative estimate of drug-likeness (QED) is 0.848. The molecule has 1 aliphatic rings. The molecule has 2 aromatic rings. The van der Waals surface area contributed by atoms with Gasteiger partial charge in [-0.15, -0.1) is 0 Å². The lowest BCUT2D eigenvalue weighted by molar-refractivity contribution is 0.100. The number of carbonyl (C=O) groups excluding carboxylic acids is 1. The van der Waals surface area contributed by atoms with Crippen LogP contribution < -0.4 is 16.4 Å². The average Bonchev–Trinajstić information content (AvgIpc) is 2.49. The van der Waals surface area contributed by atoms with Crippen molar-refractivity contribution in [2.24, 2.45) is 5.73 Å². The Morgan fingerprint density at radius 1 is 1.14 bits per heavy atom. The van der Waals surface area contributed by atoms with E-state index in [2.05, 4.69) is 11.0 Å². The molecule has 0 aromatic heterocycles. The molecular weight excluding hydrogens is 262 g/mol. The minimum absolute atomic E-state index is 0.391. The molecule has 1 heterocycles. The number of anilines is 2. The number of rotatable bonds is 3. The number of carbonyl (C=O) groups is 1. The summed E-state index contributed by atoms with van der Waals surface area (Å²) in [5, 5.41) is 0. The van der Waals surface area contributed by atoms with Crippen LogP contribution in [0.1, 0.15) is 27.9 Å². The number of primary amides is 1. The van der Waals surface area contributed by atoms with Crippen LogP contribution in [0.15, 0.2) is 42.5 Å². The van der Waals surface area contributed by atoms with Gasteiger partial charge in [-0.05, 0) is 48.2 Å². The molecule has 108 valence electrons. The molecule has 4 N–H and O–H groups in total. The van der Waals surface area contributed by atoms with Crippen LogP contribution in [0.2, 0.25) is 0 Å². The largest absolute Gasteiger partial charge is 0.398 e. The van der Waals surface area contributed by atoms with Crippen LogP contribution in [-0.4, -0.2) is 12.5 Å².